The molecule has 0 fully saturated rings. The fourth-order valence-corrected chi connectivity index (χ4v) is 5.98. The van der Waals surface area contributed by atoms with E-state index in [1.807, 2.05) is 0 Å². The number of hydrogen-bond donors (Lipinski definition) is 0. The Kier molecular flexibility index (Phi) is 48.2. The van der Waals surface area contributed by atoms with Gasteiger partial charge in [0.15, 0.2) is 8.32 Å². The van der Waals surface area contributed by atoms with Gasteiger partial charge in [-0.2, -0.15) is 0 Å². The maximum atomic E-state index is 11.9. The summed E-state index contributed by atoms with van der Waals surface area (Å²) in [6.45, 7) is 20.8. The van der Waals surface area contributed by atoms with Crippen LogP contribution in [0.25, 0.3) is 0 Å². The molecule has 0 spiro atoms. The largest absolute Gasteiger partial charge is 0.463 e. The lowest BCUT2D eigenvalue weighted by atomic mass is 10.0. The number of carbonyl (C=O) groups excluding carboxylic acids is 1. The second-order valence-corrected chi connectivity index (χ2v) is 19.4. The van der Waals surface area contributed by atoms with Crippen molar-refractivity contribution < 1.29 is 66.1 Å². The molecule has 0 unspecified atom stereocenters. The molecule has 0 amide bonds. The molecule has 0 rings (SSSR count). The van der Waals surface area contributed by atoms with Gasteiger partial charge in [0.1, 0.15) is 6.61 Å². The lowest BCUT2D eigenvalue weighted by Crippen LogP contribution is -2.27. The quantitative estimate of drug-likeness (QED) is 0.0351. The zero-order valence-corrected chi connectivity index (χ0v) is 38.6. The van der Waals surface area contributed by atoms with Crippen molar-refractivity contribution in [2.24, 2.45) is 0 Å². The highest BCUT2D eigenvalue weighted by Crippen LogP contribution is 2.13. The predicted octanol–water partition coefficient (Wildman–Crippen LogP) is 7.05. The lowest BCUT2D eigenvalue weighted by Gasteiger charge is -2.16. The first kappa shape index (κ1) is 57.2. The van der Waals surface area contributed by atoms with Crippen LogP contribution in [0.5, 0.6) is 0 Å². The van der Waals surface area contributed by atoms with Crippen LogP contribution in [0.15, 0.2) is 0 Å². The molecule has 0 N–H and O–H groups in total. The molecular formula is C43H88O14Si. The summed E-state index contributed by atoms with van der Waals surface area (Å²) in [4.78, 5) is 11.9. The molecule has 0 saturated heterocycles. The van der Waals surface area contributed by atoms with Gasteiger partial charge in [0.25, 0.3) is 0 Å². The second-order valence-electron chi connectivity index (χ2n) is 14.9. The van der Waals surface area contributed by atoms with Crippen molar-refractivity contribution in [2.45, 2.75) is 116 Å². The summed E-state index contributed by atoms with van der Waals surface area (Å²) >= 11 is 0. The summed E-state index contributed by atoms with van der Waals surface area (Å²) in [5, 5.41) is 0. The van der Waals surface area contributed by atoms with Gasteiger partial charge in [-0.15, -0.1) is 0 Å². The summed E-state index contributed by atoms with van der Waals surface area (Å²) < 4.78 is 71.4. The molecule has 0 aliphatic heterocycles. The molecular weight excluding hydrogens is 769 g/mol. The van der Waals surface area contributed by atoms with Gasteiger partial charge in [-0.25, -0.2) is 0 Å². The van der Waals surface area contributed by atoms with E-state index in [1.165, 1.54) is 70.6 Å². The Morgan fingerprint density at radius 2 is 0.534 bits per heavy atom. The molecule has 0 heterocycles. The van der Waals surface area contributed by atoms with Gasteiger partial charge < -0.3 is 61.3 Å². The smallest absolute Gasteiger partial charge is 0.305 e. The third-order valence-electron chi connectivity index (χ3n) is 8.46. The van der Waals surface area contributed by atoms with Crippen LogP contribution < -0.4 is 0 Å². The van der Waals surface area contributed by atoms with Gasteiger partial charge in [-0.1, -0.05) is 84.0 Å². The highest BCUT2D eigenvalue weighted by atomic mass is 28.4. The van der Waals surface area contributed by atoms with E-state index in [1.54, 1.807) is 0 Å². The molecule has 0 radical (unpaired) electrons. The van der Waals surface area contributed by atoms with Crippen LogP contribution in [-0.4, -0.2) is 173 Å². The van der Waals surface area contributed by atoms with E-state index in [4.69, 9.17) is 61.3 Å². The highest BCUT2D eigenvalue weighted by Gasteiger charge is 2.13. The van der Waals surface area contributed by atoms with Gasteiger partial charge >= 0.3 is 5.97 Å². The number of carbonyl (C=O) groups is 1. The van der Waals surface area contributed by atoms with E-state index in [0.29, 0.717) is 158 Å². The van der Waals surface area contributed by atoms with Crippen molar-refractivity contribution in [3.8, 4) is 0 Å². The SMILES string of the molecule is CCCCCCCCCCCCCCCC(=O)OCCOCCOCCOCCOCCOCCOCCOCCOCCOCCOCCOCCO[Si](C)(C)C. The minimum absolute atomic E-state index is 0.132. The lowest BCUT2D eigenvalue weighted by molar-refractivity contribution is -0.145. The fourth-order valence-electron chi connectivity index (χ4n) is 5.28. The number of ether oxygens (including phenoxy) is 12. The zero-order chi connectivity index (χ0) is 42.1. The van der Waals surface area contributed by atoms with Crippen LogP contribution in [0, 0.1) is 0 Å². The third-order valence-corrected chi connectivity index (χ3v) is 9.53. The van der Waals surface area contributed by atoms with E-state index < -0.39 is 8.32 Å². The topological polar surface area (TPSA) is 137 Å². The maximum absolute atomic E-state index is 11.9. The fraction of sp³-hybridized carbons (Fsp3) is 0.977. The van der Waals surface area contributed by atoms with Crippen molar-refractivity contribution in [1.82, 2.24) is 0 Å². The first-order valence-corrected chi connectivity index (χ1v) is 26.0. The third kappa shape index (κ3) is 53.2. The molecule has 0 aromatic rings. The summed E-state index contributed by atoms with van der Waals surface area (Å²) in [5.41, 5.74) is 0. The van der Waals surface area contributed by atoms with Crippen LogP contribution in [0.3, 0.4) is 0 Å². The highest BCUT2D eigenvalue weighted by molar-refractivity contribution is 6.69. The van der Waals surface area contributed by atoms with Crippen molar-refractivity contribution in [1.29, 1.82) is 0 Å². The van der Waals surface area contributed by atoms with E-state index in [-0.39, 0.29) is 12.6 Å². The first-order valence-electron chi connectivity index (χ1n) is 22.6. The van der Waals surface area contributed by atoms with E-state index in [0.717, 1.165) is 12.8 Å². The maximum Gasteiger partial charge on any atom is 0.305 e. The van der Waals surface area contributed by atoms with Gasteiger partial charge in [-0.05, 0) is 26.1 Å². The Bertz CT molecular complexity index is 793. The Morgan fingerprint density at radius 3 is 0.793 bits per heavy atom. The average molecular weight is 857 g/mol. The molecule has 14 nitrogen and oxygen atoms in total. The summed E-state index contributed by atoms with van der Waals surface area (Å²) in [5.74, 6) is -0.132. The molecule has 348 valence electrons. The molecule has 58 heavy (non-hydrogen) atoms. The first-order chi connectivity index (χ1) is 28.5. The molecule has 15 heteroatoms. The van der Waals surface area contributed by atoms with Crippen molar-refractivity contribution in [3.63, 3.8) is 0 Å². The van der Waals surface area contributed by atoms with Gasteiger partial charge in [0, 0.05) is 6.42 Å². The van der Waals surface area contributed by atoms with Crippen molar-refractivity contribution in [3.05, 3.63) is 0 Å². The minimum atomic E-state index is -1.46. The van der Waals surface area contributed by atoms with Gasteiger partial charge in [-0.3, -0.25) is 4.79 Å². The van der Waals surface area contributed by atoms with Crippen molar-refractivity contribution in [2.75, 3.05) is 159 Å². The number of unbranched alkanes of at least 4 members (excludes halogenated alkanes) is 12. The van der Waals surface area contributed by atoms with Crippen LogP contribution >= 0.6 is 0 Å². The Labute approximate surface area is 354 Å². The second kappa shape index (κ2) is 48.9. The minimum Gasteiger partial charge on any atom is -0.463 e. The average Bonchev–Trinajstić information content (AvgIpc) is 3.20. The molecule has 0 aliphatic carbocycles. The standard InChI is InChI=1S/C43H88O14Si/c1-5-6-7-8-9-10-11-12-13-14-15-16-17-18-43(44)56-41-39-54-37-35-52-33-31-50-29-27-48-25-23-46-21-19-45-20-22-47-24-26-49-28-30-51-32-34-53-36-38-55-40-42-57-58(2,3)4/h5-42H2,1-4H3. The monoisotopic (exact) mass is 857 g/mol. The van der Waals surface area contributed by atoms with E-state index in [9.17, 15) is 4.79 Å². The normalized spacial score (nSPS) is 11.9. The molecule has 0 aliphatic rings. The van der Waals surface area contributed by atoms with Gasteiger partial charge in [0.2, 0.25) is 0 Å². The predicted molar refractivity (Wildman–Crippen MR) is 230 cm³/mol. The summed E-state index contributed by atoms with van der Waals surface area (Å²) in [6.07, 6.45) is 17.3. The van der Waals surface area contributed by atoms with Crippen LogP contribution in [-0.2, 0) is 66.1 Å². The Morgan fingerprint density at radius 1 is 0.310 bits per heavy atom. The number of rotatable bonds is 51. The summed E-state index contributed by atoms with van der Waals surface area (Å²) in [7, 11) is -1.46. The molecule has 0 aromatic heterocycles. The Balaban J connectivity index is 3.13. The van der Waals surface area contributed by atoms with E-state index in [2.05, 4.69) is 26.6 Å². The van der Waals surface area contributed by atoms with E-state index >= 15 is 0 Å². The summed E-state index contributed by atoms with van der Waals surface area (Å²) in [6, 6.07) is 0. The molecule has 0 atom stereocenters. The number of esters is 1. The van der Waals surface area contributed by atoms with Crippen molar-refractivity contribution >= 4 is 14.3 Å². The van der Waals surface area contributed by atoms with Crippen LogP contribution in [0.1, 0.15) is 96.8 Å². The molecule has 0 saturated carbocycles. The van der Waals surface area contributed by atoms with Crippen LogP contribution in [0.4, 0.5) is 0 Å². The molecule has 0 bridgehead atoms. The van der Waals surface area contributed by atoms with Gasteiger partial charge in [0.05, 0.1) is 152 Å². The molecule has 0 aromatic carbocycles. The Hall–Kier alpha value is -0.793. The van der Waals surface area contributed by atoms with Crippen LogP contribution in [0.2, 0.25) is 19.6 Å². The zero-order valence-electron chi connectivity index (χ0n) is 37.6. The number of hydrogen-bond acceptors (Lipinski definition) is 14.